The van der Waals surface area contributed by atoms with Gasteiger partial charge in [-0.15, -0.1) is 0 Å². The van der Waals surface area contributed by atoms with E-state index in [4.69, 9.17) is 0 Å². The summed E-state index contributed by atoms with van der Waals surface area (Å²) in [6, 6.07) is 7.56. The molecule has 1 aromatic carbocycles. The normalized spacial score (nSPS) is 10.0. The number of amides is 2. The Morgan fingerprint density at radius 2 is 1.43 bits per heavy atom. The Morgan fingerprint density at radius 1 is 0.905 bits per heavy atom. The van der Waals surface area contributed by atoms with Crippen LogP contribution < -0.4 is 10.6 Å². The van der Waals surface area contributed by atoms with Crippen LogP contribution in [-0.4, -0.2) is 26.8 Å². The van der Waals surface area contributed by atoms with Crippen molar-refractivity contribution in [1.82, 2.24) is 15.0 Å². The Kier molecular flexibility index (Phi) is 4.22. The van der Waals surface area contributed by atoms with E-state index in [0.29, 0.717) is 5.82 Å². The summed E-state index contributed by atoms with van der Waals surface area (Å²) in [4.78, 5) is 34.7. The van der Waals surface area contributed by atoms with Crippen molar-refractivity contribution < 1.29 is 9.59 Å². The highest BCUT2D eigenvalue weighted by Crippen LogP contribution is 2.21. The SMILES string of the molecule is CC(=O)Nc1nc(NC(C)=O)nc(-c2ccccc2C)n1. The van der Waals surface area contributed by atoms with E-state index in [1.807, 2.05) is 31.2 Å². The molecule has 0 saturated carbocycles. The molecule has 0 bridgehead atoms. The highest BCUT2D eigenvalue weighted by Gasteiger charge is 2.11. The zero-order chi connectivity index (χ0) is 15.4. The van der Waals surface area contributed by atoms with Gasteiger partial charge in [0, 0.05) is 19.4 Å². The number of benzene rings is 1. The van der Waals surface area contributed by atoms with E-state index in [0.717, 1.165) is 11.1 Å². The van der Waals surface area contributed by atoms with Gasteiger partial charge in [-0.2, -0.15) is 15.0 Å². The van der Waals surface area contributed by atoms with E-state index in [9.17, 15) is 9.59 Å². The molecular weight excluding hydrogens is 270 g/mol. The van der Waals surface area contributed by atoms with E-state index in [2.05, 4.69) is 25.6 Å². The second-order valence-electron chi connectivity index (χ2n) is 4.48. The summed E-state index contributed by atoms with van der Waals surface area (Å²) in [7, 11) is 0. The highest BCUT2D eigenvalue weighted by molar-refractivity contribution is 5.89. The quantitative estimate of drug-likeness (QED) is 0.895. The van der Waals surface area contributed by atoms with E-state index in [1.54, 1.807) is 0 Å². The number of rotatable bonds is 3. The van der Waals surface area contributed by atoms with Gasteiger partial charge in [0.15, 0.2) is 5.82 Å². The van der Waals surface area contributed by atoms with Crippen molar-refractivity contribution >= 4 is 23.7 Å². The largest absolute Gasteiger partial charge is 0.295 e. The van der Waals surface area contributed by atoms with Crippen molar-refractivity contribution in [3.8, 4) is 11.4 Å². The number of nitrogens with one attached hydrogen (secondary N) is 2. The van der Waals surface area contributed by atoms with Crippen LogP contribution in [0.3, 0.4) is 0 Å². The summed E-state index contributed by atoms with van der Waals surface area (Å²) in [5.74, 6) is -0.0222. The predicted octanol–water partition coefficient (Wildman–Crippen LogP) is 1.76. The molecule has 7 nitrogen and oxygen atoms in total. The molecule has 0 unspecified atom stereocenters. The number of aryl methyl sites for hydroxylation is 1. The number of aromatic nitrogens is 3. The highest BCUT2D eigenvalue weighted by atomic mass is 16.2. The maximum atomic E-state index is 11.2. The lowest BCUT2D eigenvalue weighted by molar-refractivity contribution is -0.115. The first kappa shape index (κ1) is 14.6. The third-order valence-electron chi connectivity index (χ3n) is 2.60. The van der Waals surface area contributed by atoms with Crippen LogP contribution in [0.5, 0.6) is 0 Å². The van der Waals surface area contributed by atoms with Gasteiger partial charge in [-0.3, -0.25) is 20.2 Å². The molecule has 2 N–H and O–H groups in total. The van der Waals surface area contributed by atoms with Gasteiger partial charge >= 0.3 is 0 Å². The van der Waals surface area contributed by atoms with Crippen LogP contribution in [0.4, 0.5) is 11.9 Å². The van der Waals surface area contributed by atoms with Crippen LogP contribution in [0.25, 0.3) is 11.4 Å². The molecule has 0 aliphatic rings. The van der Waals surface area contributed by atoms with Crippen molar-refractivity contribution in [2.45, 2.75) is 20.8 Å². The molecule has 0 spiro atoms. The number of hydrogen-bond donors (Lipinski definition) is 2. The van der Waals surface area contributed by atoms with Crippen LogP contribution in [0.15, 0.2) is 24.3 Å². The van der Waals surface area contributed by atoms with Crippen LogP contribution in [0, 0.1) is 6.92 Å². The second-order valence-corrected chi connectivity index (χ2v) is 4.48. The van der Waals surface area contributed by atoms with E-state index >= 15 is 0 Å². The Hall–Kier alpha value is -2.83. The number of anilines is 2. The van der Waals surface area contributed by atoms with Crippen LogP contribution in [0.1, 0.15) is 19.4 Å². The molecule has 7 heteroatoms. The molecule has 0 atom stereocenters. The average Bonchev–Trinajstić information content (AvgIpc) is 2.37. The van der Waals surface area contributed by atoms with Gasteiger partial charge in [-0.05, 0) is 12.5 Å². The van der Waals surface area contributed by atoms with Crippen LogP contribution in [0.2, 0.25) is 0 Å². The van der Waals surface area contributed by atoms with Gasteiger partial charge in [-0.1, -0.05) is 24.3 Å². The lowest BCUT2D eigenvalue weighted by atomic mass is 10.1. The number of nitrogens with zero attached hydrogens (tertiary/aromatic N) is 3. The topological polar surface area (TPSA) is 96.9 Å². The van der Waals surface area contributed by atoms with Crippen LogP contribution >= 0.6 is 0 Å². The van der Waals surface area contributed by atoms with E-state index < -0.39 is 0 Å². The summed E-state index contributed by atoms with van der Waals surface area (Å²) in [6.07, 6.45) is 0. The van der Waals surface area contributed by atoms with Gasteiger partial charge in [0.2, 0.25) is 23.7 Å². The van der Waals surface area contributed by atoms with Gasteiger partial charge in [0.25, 0.3) is 0 Å². The first-order chi connectivity index (χ1) is 9.95. The van der Waals surface area contributed by atoms with Gasteiger partial charge in [0.05, 0.1) is 0 Å². The predicted molar refractivity (Wildman–Crippen MR) is 78.6 cm³/mol. The Labute approximate surface area is 121 Å². The molecule has 1 aromatic heterocycles. The molecule has 0 fully saturated rings. The summed E-state index contributed by atoms with van der Waals surface area (Å²) in [5.41, 5.74) is 1.78. The fourth-order valence-electron chi connectivity index (χ4n) is 1.75. The smallest absolute Gasteiger partial charge is 0.234 e. The monoisotopic (exact) mass is 285 g/mol. The minimum atomic E-state index is -0.300. The van der Waals surface area contributed by atoms with Gasteiger partial charge in [-0.25, -0.2) is 0 Å². The lowest BCUT2D eigenvalue weighted by Gasteiger charge is -2.09. The van der Waals surface area contributed by atoms with Crippen LogP contribution in [-0.2, 0) is 9.59 Å². The van der Waals surface area contributed by atoms with Crippen molar-refractivity contribution in [2.75, 3.05) is 10.6 Å². The number of hydrogen-bond acceptors (Lipinski definition) is 5. The minimum absolute atomic E-state index is 0.0968. The fraction of sp³-hybridized carbons (Fsp3) is 0.214. The molecule has 2 amide bonds. The summed E-state index contributed by atoms with van der Waals surface area (Å²) in [5, 5.41) is 4.99. The van der Waals surface area contributed by atoms with E-state index in [-0.39, 0.29) is 23.7 Å². The standard InChI is InChI=1S/C14H15N5O2/c1-8-6-4-5-7-11(8)12-17-13(15-9(2)20)19-14(18-12)16-10(3)21/h4-7H,1-3H3,(H2,15,16,17,18,19,20,21). The molecule has 0 aliphatic heterocycles. The summed E-state index contributed by atoms with van der Waals surface area (Å²) >= 11 is 0. The molecule has 0 radical (unpaired) electrons. The molecule has 2 rings (SSSR count). The number of carbonyl (C=O) groups is 2. The fourth-order valence-corrected chi connectivity index (χ4v) is 1.75. The molecule has 0 saturated heterocycles. The van der Waals surface area contributed by atoms with Crippen molar-refractivity contribution in [2.24, 2.45) is 0 Å². The summed E-state index contributed by atoms with van der Waals surface area (Å²) in [6.45, 7) is 4.64. The zero-order valence-electron chi connectivity index (χ0n) is 12.0. The van der Waals surface area contributed by atoms with Crippen molar-refractivity contribution in [3.63, 3.8) is 0 Å². The molecule has 108 valence electrons. The minimum Gasteiger partial charge on any atom is -0.295 e. The first-order valence-electron chi connectivity index (χ1n) is 6.33. The molecule has 21 heavy (non-hydrogen) atoms. The molecular formula is C14H15N5O2. The Morgan fingerprint density at radius 3 is 1.90 bits per heavy atom. The maximum Gasteiger partial charge on any atom is 0.234 e. The average molecular weight is 285 g/mol. The second kappa shape index (κ2) is 6.08. The maximum absolute atomic E-state index is 11.2. The molecule has 2 aromatic rings. The summed E-state index contributed by atoms with van der Waals surface area (Å²) < 4.78 is 0. The van der Waals surface area contributed by atoms with Crippen molar-refractivity contribution in [3.05, 3.63) is 29.8 Å². The first-order valence-corrected chi connectivity index (χ1v) is 6.33. The molecule has 1 heterocycles. The lowest BCUT2D eigenvalue weighted by Crippen LogP contribution is -2.15. The Balaban J connectivity index is 2.51. The zero-order valence-corrected chi connectivity index (χ0v) is 12.0. The number of carbonyl (C=O) groups excluding carboxylic acids is 2. The van der Waals surface area contributed by atoms with Gasteiger partial charge < -0.3 is 0 Å². The molecule has 0 aliphatic carbocycles. The third-order valence-corrected chi connectivity index (χ3v) is 2.60. The Bertz CT molecular complexity index is 665. The van der Waals surface area contributed by atoms with E-state index in [1.165, 1.54) is 13.8 Å². The van der Waals surface area contributed by atoms with Crippen molar-refractivity contribution in [1.29, 1.82) is 0 Å². The third kappa shape index (κ3) is 3.82. The van der Waals surface area contributed by atoms with Gasteiger partial charge in [0.1, 0.15) is 0 Å².